The van der Waals surface area contributed by atoms with Gasteiger partial charge in [0.1, 0.15) is 17.7 Å². The monoisotopic (exact) mass is 586 g/mol. The van der Waals surface area contributed by atoms with Crippen molar-refractivity contribution in [1.29, 1.82) is 0 Å². The minimum Gasteiger partial charge on any atom is -0.484 e. The molecule has 0 saturated heterocycles. The van der Waals surface area contributed by atoms with Gasteiger partial charge in [0.05, 0.1) is 34.3 Å². The van der Waals surface area contributed by atoms with E-state index in [4.69, 9.17) is 16.3 Å². The van der Waals surface area contributed by atoms with Crippen LogP contribution in [0.4, 0.5) is 27.6 Å². The molecule has 13 heteroatoms. The standard InChI is InChI=1S/C26H20ClF5N2O4S/c27-23-19(5-2-6-20(23)28)15-7-8-22-21(11-15)34(14-17(38-22)13-33-24(35)25(29)9-10-25)39(36,37)18-4-1-3-16(12-18)26(30,31)32/h1-8,11-12,17H,9-10,13-14H2,(H,33,35)/t17-/m0/s1. The normalized spacial score (nSPS) is 18.2. The summed E-state index contributed by atoms with van der Waals surface area (Å²) < 4.78 is 102. The fourth-order valence-electron chi connectivity index (χ4n) is 4.20. The molecule has 1 heterocycles. The van der Waals surface area contributed by atoms with Gasteiger partial charge in [0, 0.05) is 5.56 Å². The first-order valence-corrected chi connectivity index (χ1v) is 13.5. The summed E-state index contributed by atoms with van der Waals surface area (Å²) in [6.45, 7) is -0.665. The lowest BCUT2D eigenvalue weighted by Crippen LogP contribution is -2.49. The maximum absolute atomic E-state index is 14.1. The van der Waals surface area contributed by atoms with Gasteiger partial charge in [-0.15, -0.1) is 0 Å². The van der Waals surface area contributed by atoms with Crippen LogP contribution in [-0.2, 0) is 21.0 Å². The smallest absolute Gasteiger partial charge is 0.416 e. The third-order valence-corrected chi connectivity index (χ3v) is 8.65. The number of anilines is 1. The van der Waals surface area contributed by atoms with E-state index in [9.17, 15) is 35.2 Å². The minimum absolute atomic E-state index is 0.0306. The Bertz CT molecular complexity index is 1560. The number of carbonyl (C=O) groups is 1. The molecule has 1 aliphatic heterocycles. The fraction of sp³-hybridized carbons (Fsp3) is 0.269. The fourth-order valence-corrected chi connectivity index (χ4v) is 5.98. The van der Waals surface area contributed by atoms with Gasteiger partial charge in [0.2, 0.25) is 0 Å². The Hall–Kier alpha value is -3.38. The molecular weight excluding hydrogens is 567 g/mol. The molecule has 5 rings (SSSR count). The predicted octanol–water partition coefficient (Wildman–Crippen LogP) is 5.74. The minimum atomic E-state index is -4.78. The number of fused-ring (bicyclic) bond motifs is 1. The average molecular weight is 587 g/mol. The first-order valence-electron chi connectivity index (χ1n) is 11.7. The first-order chi connectivity index (χ1) is 18.3. The van der Waals surface area contributed by atoms with Crippen molar-refractivity contribution < 1.29 is 39.9 Å². The number of hydrogen-bond acceptors (Lipinski definition) is 4. The molecule has 1 N–H and O–H groups in total. The van der Waals surface area contributed by atoms with Crippen LogP contribution >= 0.6 is 11.6 Å². The van der Waals surface area contributed by atoms with E-state index in [0.29, 0.717) is 11.6 Å². The van der Waals surface area contributed by atoms with Crippen molar-refractivity contribution in [2.75, 3.05) is 17.4 Å². The van der Waals surface area contributed by atoms with Crippen LogP contribution in [0, 0.1) is 5.82 Å². The van der Waals surface area contributed by atoms with Crippen LogP contribution in [0.2, 0.25) is 5.02 Å². The predicted molar refractivity (Wildman–Crippen MR) is 133 cm³/mol. The number of ether oxygens (including phenoxy) is 1. The molecule has 0 radical (unpaired) electrons. The first kappa shape index (κ1) is 27.2. The van der Waals surface area contributed by atoms with Crippen molar-refractivity contribution in [2.24, 2.45) is 0 Å². The molecule has 3 aromatic rings. The van der Waals surface area contributed by atoms with Crippen molar-refractivity contribution in [2.45, 2.75) is 35.7 Å². The molecule has 6 nitrogen and oxygen atoms in total. The number of carbonyl (C=O) groups excluding carboxylic acids is 1. The molecule has 0 unspecified atom stereocenters. The quantitative estimate of drug-likeness (QED) is 0.374. The number of amides is 1. The van der Waals surface area contributed by atoms with E-state index < -0.39 is 56.7 Å². The summed E-state index contributed by atoms with van der Waals surface area (Å²) in [6, 6.07) is 11.7. The molecule has 0 bridgehead atoms. The lowest BCUT2D eigenvalue weighted by Gasteiger charge is -2.36. The summed E-state index contributed by atoms with van der Waals surface area (Å²) in [7, 11) is -4.60. The lowest BCUT2D eigenvalue weighted by molar-refractivity contribution is -0.137. The zero-order valence-electron chi connectivity index (χ0n) is 19.9. The van der Waals surface area contributed by atoms with Crippen LogP contribution in [-0.4, -0.2) is 39.2 Å². The van der Waals surface area contributed by atoms with Crippen molar-refractivity contribution in [1.82, 2.24) is 5.32 Å². The SMILES string of the molecule is O=C(NC[C@H]1CN(S(=O)(=O)c2cccc(C(F)(F)F)c2)c2cc(-c3cccc(F)c3Cl)ccc2O1)C1(F)CC1. The second-order valence-corrected chi connectivity index (χ2v) is 11.5. The molecule has 0 aromatic heterocycles. The highest BCUT2D eigenvalue weighted by Crippen LogP contribution is 2.43. The van der Waals surface area contributed by atoms with Crippen LogP contribution < -0.4 is 14.4 Å². The summed E-state index contributed by atoms with van der Waals surface area (Å²) in [5, 5.41) is 2.20. The number of hydrogen-bond donors (Lipinski definition) is 1. The highest BCUT2D eigenvalue weighted by molar-refractivity contribution is 7.92. The Balaban J connectivity index is 1.56. The second kappa shape index (κ2) is 9.67. The molecule has 206 valence electrons. The summed E-state index contributed by atoms with van der Waals surface area (Å²) in [5.74, 6) is -1.51. The Labute approximate surface area is 225 Å². The van der Waals surface area contributed by atoms with Gasteiger partial charge in [-0.1, -0.05) is 35.9 Å². The number of nitrogens with one attached hydrogen (secondary N) is 1. The van der Waals surface area contributed by atoms with E-state index in [0.717, 1.165) is 28.6 Å². The Morgan fingerprint density at radius 1 is 1.10 bits per heavy atom. The molecule has 39 heavy (non-hydrogen) atoms. The zero-order valence-corrected chi connectivity index (χ0v) is 21.5. The molecular formula is C26H20ClF5N2O4S. The number of halogens is 6. The van der Waals surface area contributed by atoms with E-state index in [1.165, 1.54) is 30.3 Å². The molecule has 1 amide bonds. The topological polar surface area (TPSA) is 75.7 Å². The number of benzene rings is 3. The molecule has 1 aliphatic carbocycles. The van der Waals surface area contributed by atoms with Gasteiger partial charge in [-0.2, -0.15) is 13.2 Å². The van der Waals surface area contributed by atoms with Crippen molar-refractivity contribution in [3.8, 4) is 16.9 Å². The highest BCUT2D eigenvalue weighted by atomic mass is 35.5. The molecule has 2 aliphatic rings. The summed E-state index contributed by atoms with van der Waals surface area (Å²) in [6.07, 6.45) is -5.62. The third-order valence-electron chi connectivity index (χ3n) is 6.49. The largest absolute Gasteiger partial charge is 0.484 e. The lowest BCUT2D eigenvalue weighted by atomic mass is 10.0. The van der Waals surface area contributed by atoms with E-state index in [-0.39, 0.29) is 41.4 Å². The van der Waals surface area contributed by atoms with Gasteiger partial charge in [0.25, 0.3) is 15.9 Å². The Kier molecular flexibility index (Phi) is 6.74. The summed E-state index contributed by atoms with van der Waals surface area (Å²) in [4.78, 5) is 11.5. The van der Waals surface area contributed by atoms with Crippen LogP contribution in [0.1, 0.15) is 18.4 Å². The third kappa shape index (κ3) is 5.27. The van der Waals surface area contributed by atoms with Crippen LogP contribution in [0.15, 0.2) is 65.6 Å². The van der Waals surface area contributed by atoms with Crippen molar-refractivity contribution >= 4 is 33.2 Å². The molecule has 1 fully saturated rings. The number of nitrogens with zero attached hydrogens (tertiary/aromatic N) is 1. The van der Waals surface area contributed by atoms with E-state index >= 15 is 0 Å². The van der Waals surface area contributed by atoms with Gasteiger partial charge < -0.3 is 10.1 Å². The van der Waals surface area contributed by atoms with Gasteiger partial charge in [0.15, 0.2) is 5.67 Å². The van der Waals surface area contributed by atoms with Gasteiger partial charge in [-0.3, -0.25) is 9.10 Å². The Morgan fingerprint density at radius 3 is 2.51 bits per heavy atom. The number of sulfonamides is 1. The average Bonchev–Trinajstić information content (AvgIpc) is 3.66. The van der Waals surface area contributed by atoms with Crippen molar-refractivity contribution in [3.63, 3.8) is 0 Å². The van der Waals surface area contributed by atoms with Gasteiger partial charge in [-0.05, 0) is 54.8 Å². The highest BCUT2D eigenvalue weighted by Gasteiger charge is 2.51. The van der Waals surface area contributed by atoms with E-state index in [1.54, 1.807) is 0 Å². The van der Waals surface area contributed by atoms with E-state index in [2.05, 4.69) is 5.32 Å². The maximum atomic E-state index is 14.1. The van der Waals surface area contributed by atoms with Crippen LogP contribution in [0.25, 0.3) is 11.1 Å². The van der Waals surface area contributed by atoms with Crippen molar-refractivity contribution in [3.05, 3.63) is 77.1 Å². The van der Waals surface area contributed by atoms with Crippen LogP contribution in [0.3, 0.4) is 0 Å². The summed E-state index contributed by atoms with van der Waals surface area (Å²) >= 11 is 6.11. The summed E-state index contributed by atoms with van der Waals surface area (Å²) in [5.41, 5.74) is -2.57. The number of rotatable bonds is 6. The van der Waals surface area contributed by atoms with E-state index in [1.807, 2.05) is 0 Å². The zero-order chi connectivity index (χ0) is 28.2. The molecule has 0 spiro atoms. The molecule has 3 aromatic carbocycles. The van der Waals surface area contributed by atoms with Gasteiger partial charge in [-0.25, -0.2) is 17.2 Å². The van der Waals surface area contributed by atoms with Gasteiger partial charge >= 0.3 is 6.18 Å². The Morgan fingerprint density at radius 2 is 1.82 bits per heavy atom. The maximum Gasteiger partial charge on any atom is 0.416 e. The molecule has 1 atom stereocenters. The second-order valence-electron chi connectivity index (χ2n) is 9.26. The molecule has 1 saturated carbocycles. The van der Waals surface area contributed by atoms with Crippen LogP contribution in [0.5, 0.6) is 5.75 Å². The number of alkyl halides is 4.